The predicted octanol–water partition coefficient (Wildman–Crippen LogP) is 2.64. The summed E-state index contributed by atoms with van der Waals surface area (Å²) in [5, 5.41) is 4.19. The van der Waals surface area contributed by atoms with Gasteiger partial charge in [0.15, 0.2) is 6.54 Å². The quantitative estimate of drug-likeness (QED) is 0.798. The molecule has 2 N–H and O–H groups in total. The van der Waals surface area contributed by atoms with Crippen molar-refractivity contribution in [1.29, 1.82) is 0 Å². The highest BCUT2D eigenvalue weighted by molar-refractivity contribution is 7.09. The first-order chi connectivity index (χ1) is 10.7. The van der Waals surface area contributed by atoms with E-state index in [1.54, 1.807) is 11.3 Å². The van der Waals surface area contributed by atoms with Crippen molar-refractivity contribution in [1.82, 2.24) is 4.90 Å². The van der Waals surface area contributed by atoms with Crippen LogP contribution in [0.3, 0.4) is 0 Å². The second kappa shape index (κ2) is 8.71. The molecule has 0 saturated heterocycles. The van der Waals surface area contributed by atoms with Crippen molar-refractivity contribution in [3.05, 3.63) is 58.3 Å². The van der Waals surface area contributed by atoms with Gasteiger partial charge >= 0.3 is 0 Å². The molecule has 3 nitrogen and oxygen atoms in total. The van der Waals surface area contributed by atoms with E-state index in [0.717, 1.165) is 6.42 Å². The van der Waals surface area contributed by atoms with Crippen LogP contribution in [0, 0.1) is 0 Å². The van der Waals surface area contributed by atoms with Crippen LogP contribution in [0.15, 0.2) is 47.8 Å². The SMILES string of the molecule is CC[C@H](C)[NH2+]CC(=O)N(Cc1ccccc1)Cc1cccs1. The number of benzene rings is 1. The zero-order valence-electron chi connectivity index (χ0n) is 13.4. The van der Waals surface area contributed by atoms with Crippen molar-refractivity contribution in [3.63, 3.8) is 0 Å². The number of thiophene rings is 1. The molecule has 2 rings (SSSR count). The highest BCUT2D eigenvalue weighted by Crippen LogP contribution is 2.14. The zero-order valence-corrected chi connectivity index (χ0v) is 14.2. The second-order valence-corrected chi connectivity index (χ2v) is 6.67. The Bertz CT molecular complexity index is 554. The van der Waals surface area contributed by atoms with Gasteiger partial charge in [-0.1, -0.05) is 43.3 Å². The Labute approximate surface area is 137 Å². The molecule has 0 unspecified atom stereocenters. The number of nitrogens with zero attached hydrogens (tertiary/aromatic N) is 1. The fraction of sp³-hybridized carbons (Fsp3) is 0.389. The molecule has 0 aliphatic carbocycles. The first kappa shape index (κ1) is 16.7. The lowest BCUT2D eigenvalue weighted by Crippen LogP contribution is -2.91. The normalized spacial score (nSPS) is 12.1. The summed E-state index contributed by atoms with van der Waals surface area (Å²) >= 11 is 1.70. The van der Waals surface area contributed by atoms with Gasteiger partial charge in [-0.3, -0.25) is 4.79 Å². The number of carbonyl (C=O) groups is 1. The summed E-state index contributed by atoms with van der Waals surface area (Å²) in [6.45, 7) is 6.20. The summed E-state index contributed by atoms with van der Waals surface area (Å²) in [4.78, 5) is 15.8. The van der Waals surface area contributed by atoms with E-state index >= 15 is 0 Å². The number of carbonyl (C=O) groups excluding carboxylic acids is 1. The van der Waals surface area contributed by atoms with Crippen LogP contribution in [0.1, 0.15) is 30.7 Å². The molecule has 0 bridgehead atoms. The van der Waals surface area contributed by atoms with Crippen LogP contribution in [0.5, 0.6) is 0 Å². The van der Waals surface area contributed by atoms with Gasteiger partial charge in [-0.05, 0) is 30.4 Å². The third-order valence-corrected chi connectivity index (χ3v) is 4.70. The highest BCUT2D eigenvalue weighted by Gasteiger charge is 2.17. The minimum atomic E-state index is 0.206. The molecule has 118 valence electrons. The van der Waals surface area contributed by atoms with E-state index in [4.69, 9.17) is 0 Å². The molecule has 0 saturated carbocycles. The van der Waals surface area contributed by atoms with Crippen LogP contribution in [0.25, 0.3) is 0 Å². The van der Waals surface area contributed by atoms with Crippen LogP contribution >= 0.6 is 11.3 Å². The molecule has 1 amide bonds. The van der Waals surface area contributed by atoms with Gasteiger partial charge in [0.1, 0.15) is 0 Å². The molecule has 1 heterocycles. The van der Waals surface area contributed by atoms with Gasteiger partial charge in [-0.15, -0.1) is 11.3 Å². The number of hydrogen-bond donors (Lipinski definition) is 1. The summed E-state index contributed by atoms with van der Waals surface area (Å²) < 4.78 is 0. The van der Waals surface area contributed by atoms with Crippen molar-refractivity contribution in [2.45, 2.75) is 39.4 Å². The van der Waals surface area contributed by atoms with Gasteiger partial charge in [0, 0.05) is 11.4 Å². The van der Waals surface area contributed by atoms with Crippen LogP contribution in [0.2, 0.25) is 0 Å². The molecule has 1 atom stereocenters. The Balaban J connectivity index is 2.02. The molecule has 0 aliphatic rings. The first-order valence-electron chi connectivity index (χ1n) is 7.86. The van der Waals surface area contributed by atoms with E-state index in [1.165, 1.54) is 10.4 Å². The molecule has 2 aromatic rings. The summed E-state index contributed by atoms with van der Waals surface area (Å²) in [6, 6.07) is 14.8. The molecule has 4 heteroatoms. The van der Waals surface area contributed by atoms with Crippen molar-refractivity contribution >= 4 is 17.2 Å². The lowest BCUT2D eigenvalue weighted by atomic mass is 10.2. The van der Waals surface area contributed by atoms with E-state index in [1.807, 2.05) is 29.2 Å². The van der Waals surface area contributed by atoms with Crippen LogP contribution in [-0.4, -0.2) is 23.4 Å². The van der Waals surface area contributed by atoms with E-state index in [2.05, 4.69) is 42.7 Å². The summed E-state index contributed by atoms with van der Waals surface area (Å²) in [5.41, 5.74) is 1.18. The minimum absolute atomic E-state index is 0.206. The molecular formula is C18H25N2OS+. The fourth-order valence-electron chi connectivity index (χ4n) is 2.22. The van der Waals surface area contributed by atoms with E-state index in [9.17, 15) is 4.79 Å². The molecule has 0 aliphatic heterocycles. The third-order valence-electron chi connectivity index (χ3n) is 3.83. The summed E-state index contributed by atoms with van der Waals surface area (Å²) in [6.07, 6.45) is 1.08. The number of amides is 1. The monoisotopic (exact) mass is 317 g/mol. The molecule has 1 aromatic carbocycles. The van der Waals surface area contributed by atoms with Gasteiger partial charge in [0.2, 0.25) is 0 Å². The second-order valence-electron chi connectivity index (χ2n) is 5.64. The molecular weight excluding hydrogens is 292 g/mol. The Morgan fingerprint density at radius 2 is 1.95 bits per heavy atom. The van der Waals surface area contributed by atoms with Gasteiger partial charge < -0.3 is 10.2 Å². The van der Waals surface area contributed by atoms with Crippen molar-refractivity contribution in [2.24, 2.45) is 0 Å². The number of rotatable bonds is 8. The highest BCUT2D eigenvalue weighted by atomic mass is 32.1. The Kier molecular flexibility index (Phi) is 6.62. The van der Waals surface area contributed by atoms with E-state index < -0.39 is 0 Å². The predicted molar refractivity (Wildman–Crippen MR) is 91.6 cm³/mol. The number of nitrogens with two attached hydrogens (primary N) is 1. The Morgan fingerprint density at radius 3 is 2.59 bits per heavy atom. The zero-order chi connectivity index (χ0) is 15.8. The molecule has 0 spiro atoms. The average molecular weight is 317 g/mol. The Morgan fingerprint density at radius 1 is 1.18 bits per heavy atom. The summed E-state index contributed by atoms with van der Waals surface area (Å²) in [7, 11) is 0. The lowest BCUT2D eigenvalue weighted by Gasteiger charge is -2.22. The minimum Gasteiger partial charge on any atom is -0.336 e. The lowest BCUT2D eigenvalue weighted by molar-refractivity contribution is -0.676. The van der Waals surface area contributed by atoms with E-state index in [-0.39, 0.29) is 5.91 Å². The van der Waals surface area contributed by atoms with Crippen LogP contribution in [0.4, 0.5) is 0 Å². The fourth-order valence-corrected chi connectivity index (χ4v) is 2.94. The summed E-state index contributed by atoms with van der Waals surface area (Å²) in [5.74, 6) is 0.206. The number of quaternary nitrogens is 1. The molecule has 0 fully saturated rings. The van der Waals surface area contributed by atoms with E-state index in [0.29, 0.717) is 25.7 Å². The van der Waals surface area contributed by atoms with Gasteiger partial charge in [-0.25, -0.2) is 0 Å². The maximum Gasteiger partial charge on any atom is 0.278 e. The molecule has 0 radical (unpaired) electrons. The smallest absolute Gasteiger partial charge is 0.278 e. The molecule has 1 aromatic heterocycles. The standard InChI is InChI=1S/C18H24N2OS/c1-3-15(2)19-12-18(21)20(14-17-10-7-11-22-17)13-16-8-5-4-6-9-16/h4-11,15,19H,3,12-14H2,1-2H3/p+1/t15-/m0/s1. The molecule has 22 heavy (non-hydrogen) atoms. The van der Waals surface area contributed by atoms with Crippen LogP contribution < -0.4 is 5.32 Å². The van der Waals surface area contributed by atoms with Crippen molar-refractivity contribution in [3.8, 4) is 0 Å². The number of hydrogen-bond acceptors (Lipinski definition) is 2. The van der Waals surface area contributed by atoms with Crippen molar-refractivity contribution < 1.29 is 10.1 Å². The maximum atomic E-state index is 12.6. The Hall–Kier alpha value is -1.65. The topological polar surface area (TPSA) is 36.9 Å². The van der Waals surface area contributed by atoms with Gasteiger partial charge in [0.25, 0.3) is 5.91 Å². The van der Waals surface area contributed by atoms with Gasteiger partial charge in [0.05, 0.1) is 12.6 Å². The largest absolute Gasteiger partial charge is 0.336 e. The maximum absolute atomic E-state index is 12.6. The van der Waals surface area contributed by atoms with Crippen molar-refractivity contribution in [2.75, 3.05) is 6.54 Å². The van der Waals surface area contributed by atoms with Crippen LogP contribution in [-0.2, 0) is 17.9 Å². The first-order valence-corrected chi connectivity index (χ1v) is 8.74. The van der Waals surface area contributed by atoms with Gasteiger partial charge in [-0.2, -0.15) is 0 Å². The third kappa shape index (κ3) is 5.28. The average Bonchev–Trinajstić information content (AvgIpc) is 3.05.